The highest BCUT2D eigenvalue weighted by molar-refractivity contribution is 6.32. The standard InChI is InChI=1S/C17H11ClFN3O2/c18-16-14(2-1-9-20-16)17(23)22-21-10-13-7-8-15(24-13)11-3-5-12(19)6-4-11/h1-10H,(H,22,23). The molecule has 1 aromatic carbocycles. The molecule has 3 aromatic rings. The van der Waals surface area contributed by atoms with Gasteiger partial charge in [-0.05, 0) is 48.5 Å². The van der Waals surface area contributed by atoms with Crippen LogP contribution in [0.15, 0.2) is 64.2 Å². The third kappa shape index (κ3) is 3.67. The molecule has 2 heterocycles. The molecule has 1 amide bonds. The van der Waals surface area contributed by atoms with E-state index < -0.39 is 5.91 Å². The van der Waals surface area contributed by atoms with Gasteiger partial charge < -0.3 is 4.42 Å². The summed E-state index contributed by atoms with van der Waals surface area (Å²) in [6.45, 7) is 0. The molecular formula is C17H11ClFN3O2. The third-order valence-corrected chi connectivity index (χ3v) is 3.42. The number of furan rings is 1. The fourth-order valence-electron chi connectivity index (χ4n) is 1.96. The Balaban J connectivity index is 1.66. The predicted molar refractivity (Wildman–Crippen MR) is 88.4 cm³/mol. The van der Waals surface area contributed by atoms with Crippen LogP contribution in [0, 0.1) is 5.82 Å². The van der Waals surface area contributed by atoms with Crippen molar-refractivity contribution in [3.63, 3.8) is 0 Å². The minimum Gasteiger partial charge on any atom is -0.455 e. The molecule has 0 saturated heterocycles. The number of halogens is 2. The van der Waals surface area contributed by atoms with E-state index in [1.165, 1.54) is 24.5 Å². The summed E-state index contributed by atoms with van der Waals surface area (Å²) in [6.07, 6.45) is 2.84. The van der Waals surface area contributed by atoms with Gasteiger partial charge in [-0.3, -0.25) is 4.79 Å². The molecule has 0 saturated carbocycles. The first-order chi connectivity index (χ1) is 11.6. The number of aromatic nitrogens is 1. The van der Waals surface area contributed by atoms with Gasteiger partial charge in [0.25, 0.3) is 5.91 Å². The molecule has 0 aliphatic heterocycles. The highest BCUT2D eigenvalue weighted by atomic mass is 35.5. The zero-order valence-corrected chi connectivity index (χ0v) is 13.0. The van der Waals surface area contributed by atoms with Crippen LogP contribution in [-0.4, -0.2) is 17.1 Å². The normalized spacial score (nSPS) is 10.9. The largest absolute Gasteiger partial charge is 0.455 e. The van der Waals surface area contributed by atoms with E-state index in [0.29, 0.717) is 11.5 Å². The summed E-state index contributed by atoms with van der Waals surface area (Å²) in [7, 11) is 0. The molecule has 0 unspecified atom stereocenters. The Morgan fingerprint density at radius 1 is 1.21 bits per heavy atom. The maximum atomic E-state index is 12.9. The number of amides is 1. The third-order valence-electron chi connectivity index (χ3n) is 3.12. The van der Waals surface area contributed by atoms with Crippen molar-refractivity contribution < 1.29 is 13.6 Å². The minimum absolute atomic E-state index is 0.0989. The molecular weight excluding hydrogens is 333 g/mol. The second-order valence-electron chi connectivity index (χ2n) is 4.75. The lowest BCUT2D eigenvalue weighted by Crippen LogP contribution is -2.18. The van der Waals surface area contributed by atoms with Crippen molar-refractivity contribution in [2.45, 2.75) is 0 Å². The Hall–Kier alpha value is -2.99. The molecule has 0 fully saturated rings. The van der Waals surface area contributed by atoms with Gasteiger partial charge >= 0.3 is 0 Å². The Bertz CT molecular complexity index is 891. The van der Waals surface area contributed by atoms with Gasteiger partial charge in [0.15, 0.2) is 0 Å². The van der Waals surface area contributed by atoms with E-state index >= 15 is 0 Å². The number of hydrogen-bond donors (Lipinski definition) is 1. The number of carbonyl (C=O) groups is 1. The van der Waals surface area contributed by atoms with E-state index in [1.54, 1.807) is 36.4 Å². The molecule has 24 heavy (non-hydrogen) atoms. The van der Waals surface area contributed by atoms with Crippen molar-refractivity contribution in [1.82, 2.24) is 10.4 Å². The summed E-state index contributed by atoms with van der Waals surface area (Å²) >= 11 is 5.83. The predicted octanol–water partition coefficient (Wildman–Crippen LogP) is 3.90. The number of hydrogen-bond acceptors (Lipinski definition) is 4. The van der Waals surface area contributed by atoms with Crippen molar-refractivity contribution in [3.05, 3.63) is 77.0 Å². The Morgan fingerprint density at radius 2 is 2.00 bits per heavy atom. The fraction of sp³-hybridized carbons (Fsp3) is 0. The summed E-state index contributed by atoms with van der Waals surface area (Å²) in [5.74, 6) is 0.212. The van der Waals surface area contributed by atoms with E-state index in [2.05, 4.69) is 15.5 Å². The van der Waals surface area contributed by atoms with E-state index in [-0.39, 0.29) is 16.5 Å². The molecule has 1 N–H and O–H groups in total. The first-order valence-corrected chi connectivity index (χ1v) is 7.31. The first-order valence-electron chi connectivity index (χ1n) is 6.93. The number of carbonyl (C=O) groups excluding carboxylic acids is 1. The summed E-state index contributed by atoms with van der Waals surface area (Å²) in [6, 6.07) is 12.5. The van der Waals surface area contributed by atoms with Gasteiger partial charge in [-0.25, -0.2) is 14.8 Å². The second-order valence-corrected chi connectivity index (χ2v) is 5.11. The molecule has 0 aliphatic rings. The number of rotatable bonds is 4. The van der Waals surface area contributed by atoms with Gasteiger partial charge in [-0.1, -0.05) is 11.6 Å². The van der Waals surface area contributed by atoms with Crippen LogP contribution in [0.25, 0.3) is 11.3 Å². The SMILES string of the molecule is O=C(NN=Cc1ccc(-c2ccc(F)cc2)o1)c1cccnc1Cl. The van der Waals surface area contributed by atoms with E-state index in [0.717, 1.165) is 5.56 Å². The van der Waals surface area contributed by atoms with Crippen LogP contribution in [0.4, 0.5) is 4.39 Å². The average Bonchev–Trinajstić information content (AvgIpc) is 3.04. The van der Waals surface area contributed by atoms with Crippen LogP contribution in [0.2, 0.25) is 5.15 Å². The maximum Gasteiger partial charge on any atom is 0.274 e. The van der Waals surface area contributed by atoms with Gasteiger partial charge in [0.05, 0.1) is 11.8 Å². The Labute approximate surface area is 141 Å². The molecule has 0 spiro atoms. The van der Waals surface area contributed by atoms with Gasteiger partial charge in [-0.2, -0.15) is 5.10 Å². The van der Waals surface area contributed by atoms with Crippen molar-refractivity contribution in [3.8, 4) is 11.3 Å². The zero-order valence-electron chi connectivity index (χ0n) is 12.2. The fourth-order valence-corrected chi connectivity index (χ4v) is 2.17. The summed E-state index contributed by atoms with van der Waals surface area (Å²) in [5, 5.41) is 3.91. The molecule has 120 valence electrons. The van der Waals surface area contributed by atoms with Gasteiger partial charge in [0.2, 0.25) is 0 Å². The number of benzene rings is 1. The number of pyridine rings is 1. The molecule has 0 aliphatic carbocycles. The van der Waals surface area contributed by atoms with Gasteiger partial charge in [0.1, 0.15) is 22.5 Å². The number of hydrazone groups is 1. The maximum absolute atomic E-state index is 12.9. The van der Waals surface area contributed by atoms with Gasteiger partial charge in [-0.15, -0.1) is 0 Å². The van der Waals surface area contributed by atoms with Crippen molar-refractivity contribution in [2.24, 2.45) is 5.10 Å². The summed E-state index contributed by atoms with van der Waals surface area (Å²) in [4.78, 5) is 15.7. The van der Waals surface area contributed by atoms with E-state index in [1.807, 2.05) is 0 Å². The highest BCUT2D eigenvalue weighted by Crippen LogP contribution is 2.21. The topological polar surface area (TPSA) is 67.5 Å². The number of nitrogens with zero attached hydrogens (tertiary/aromatic N) is 2. The Kier molecular flexibility index (Phi) is 4.67. The molecule has 0 bridgehead atoms. The average molecular weight is 344 g/mol. The Morgan fingerprint density at radius 3 is 2.75 bits per heavy atom. The van der Waals surface area contributed by atoms with Crippen LogP contribution in [0.1, 0.15) is 16.1 Å². The minimum atomic E-state index is -0.477. The highest BCUT2D eigenvalue weighted by Gasteiger charge is 2.09. The lowest BCUT2D eigenvalue weighted by molar-refractivity contribution is 0.0955. The smallest absolute Gasteiger partial charge is 0.274 e. The monoisotopic (exact) mass is 343 g/mol. The number of nitrogens with one attached hydrogen (secondary N) is 1. The van der Waals surface area contributed by atoms with Crippen molar-refractivity contribution >= 4 is 23.7 Å². The first kappa shape index (κ1) is 15.9. The van der Waals surface area contributed by atoms with Crippen LogP contribution < -0.4 is 5.43 Å². The molecule has 2 aromatic heterocycles. The second kappa shape index (κ2) is 7.06. The van der Waals surface area contributed by atoms with Gasteiger partial charge in [0, 0.05) is 11.8 Å². The summed E-state index contributed by atoms with van der Waals surface area (Å²) in [5.41, 5.74) is 3.30. The quantitative estimate of drug-likeness (QED) is 0.444. The molecule has 3 rings (SSSR count). The van der Waals surface area contributed by atoms with E-state index in [9.17, 15) is 9.18 Å². The lowest BCUT2D eigenvalue weighted by Gasteiger charge is -2.00. The summed E-state index contributed by atoms with van der Waals surface area (Å²) < 4.78 is 18.5. The van der Waals surface area contributed by atoms with Crippen LogP contribution in [-0.2, 0) is 0 Å². The van der Waals surface area contributed by atoms with Crippen molar-refractivity contribution in [2.75, 3.05) is 0 Å². The molecule has 0 atom stereocenters. The van der Waals surface area contributed by atoms with Crippen LogP contribution in [0.3, 0.4) is 0 Å². The molecule has 5 nitrogen and oxygen atoms in total. The van der Waals surface area contributed by atoms with Crippen LogP contribution >= 0.6 is 11.6 Å². The molecule has 7 heteroatoms. The van der Waals surface area contributed by atoms with Crippen molar-refractivity contribution in [1.29, 1.82) is 0 Å². The zero-order chi connectivity index (χ0) is 16.9. The van der Waals surface area contributed by atoms with E-state index in [4.69, 9.17) is 16.0 Å². The molecule has 0 radical (unpaired) electrons. The lowest BCUT2D eigenvalue weighted by atomic mass is 10.2. The van der Waals surface area contributed by atoms with Crippen LogP contribution in [0.5, 0.6) is 0 Å².